The van der Waals surface area contributed by atoms with E-state index in [-0.39, 0.29) is 0 Å². The van der Waals surface area contributed by atoms with Crippen molar-refractivity contribution in [1.82, 2.24) is 0 Å². The highest BCUT2D eigenvalue weighted by Crippen LogP contribution is 2.39. The Labute approximate surface area is 100 Å². The lowest BCUT2D eigenvalue weighted by Crippen LogP contribution is -2.30. The van der Waals surface area contributed by atoms with E-state index < -0.39 is 24.1 Å². The molecule has 0 bridgehead atoms. The van der Waals surface area contributed by atoms with Crippen molar-refractivity contribution in [2.45, 2.75) is 37.9 Å². The number of aliphatic hydroxyl groups excluding tert-OH is 1. The summed E-state index contributed by atoms with van der Waals surface area (Å²) in [5, 5.41) is 18.5. The number of rotatable bonds is 2. The van der Waals surface area contributed by atoms with E-state index in [4.69, 9.17) is 14.7 Å². The zero-order valence-electron chi connectivity index (χ0n) is 9.83. The second-order valence-electron chi connectivity index (χ2n) is 4.51. The maximum Gasteiger partial charge on any atom is 0.169 e. The van der Waals surface area contributed by atoms with E-state index in [0.717, 1.165) is 5.56 Å². The first kappa shape index (κ1) is 12.1. The van der Waals surface area contributed by atoms with Gasteiger partial charge in [0.15, 0.2) is 11.9 Å². The van der Waals surface area contributed by atoms with Crippen LogP contribution >= 0.6 is 0 Å². The summed E-state index contributed by atoms with van der Waals surface area (Å²) in [6.45, 7) is 3.54. The third-order valence-electron chi connectivity index (χ3n) is 2.70. The minimum Gasteiger partial charge on any atom is -0.375 e. The minimum absolute atomic E-state index is 0.416. The van der Waals surface area contributed by atoms with Crippen LogP contribution in [0.15, 0.2) is 30.3 Å². The normalized spacial score (nSPS) is 28.6. The highest BCUT2D eigenvalue weighted by Gasteiger charge is 2.45. The predicted molar refractivity (Wildman–Crippen MR) is 60.8 cm³/mol. The van der Waals surface area contributed by atoms with Crippen LogP contribution < -0.4 is 0 Å². The molecule has 4 nitrogen and oxygen atoms in total. The molecule has 1 N–H and O–H groups in total. The number of hydrogen-bond donors (Lipinski definition) is 1. The summed E-state index contributed by atoms with van der Waals surface area (Å²) in [5.74, 6) is -0.789. The molecule has 1 saturated heterocycles. The molecule has 3 atom stereocenters. The molecule has 0 aliphatic carbocycles. The Morgan fingerprint density at radius 3 is 2.53 bits per heavy atom. The molecule has 0 unspecified atom stereocenters. The zero-order valence-corrected chi connectivity index (χ0v) is 9.83. The summed E-state index contributed by atoms with van der Waals surface area (Å²) in [5.41, 5.74) is 0.900. The van der Waals surface area contributed by atoms with Crippen LogP contribution in [0.3, 0.4) is 0 Å². The molecule has 1 heterocycles. The maximum absolute atomic E-state index is 9.66. The van der Waals surface area contributed by atoms with Gasteiger partial charge in [0.1, 0.15) is 12.2 Å². The van der Waals surface area contributed by atoms with Gasteiger partial charge < -0.3 is 14.6 Å². The molecule has 1 aliphatic heterocycles. The molecule has 1 aliphatic rings. The summed E-state index contributed by atoms with van der Waals surface area (Å²) in [6.07, 6.45) is -2.26. The molecular formula is C13H15NO3. The summed E-state index contributed by atoms with van der Waals surface area (Å²) in [4.78, 5) is 0. The Hall–Kier alpha value is -1.41. The Morgan fingerprint density at radius 2 is 1.94 bits per heavy atom. The number of ether oxygens (including phenoxy) is 2. The second kappa shape index (κ2) is 4.46. The monoisotopic (exact) mass is 233 g/mol. The number of aliphatic hydroxyl groups is 1. The molecule has 0 amide bonds. The quantitative estimate of drug-likeness (QED) is 0.791. The molecule has 0 saturated carbocycles. The smallest absolute Gasteiger partial charge is 0.169 e. The van der Waals surface area contributed by atoms with Gasteiger partial charge >= 0.3 is 0 Å². The molecule has 17 heavy (non-hydrogen) atoms. The van der Waals surface area contributed by atoms with Crippen LogP contribution in [0.4, 0.5) is 0 Å². The summed E-state index contributed by atoms with van der Waals surface area (Å²) < 4.78 is 11.3. The van der Waals surface area contributed by atoms with E-state index in [0.29, 0.717) is 0 Å². The lowest BCUT2D eigenvalue weighted by Gasteiger charge is -2.17. The molecule has 1 fully saturated rings. The lowest BCUT2D eigenvalue weighted by atomic mass is 10.0. The maximum atomic E-state index is 9.66. The van der Waals surface area contributed by atoms with Crippen LogP contribution in [-0.2, 0) is 9.47 Å². The largest absolute Gasteiger partial charge is 0.375 e. The van der Waals surface area contributed by atoms with Gasteiger partial charge in [-0.2, -0.15) is 5.26 Å². The highest BCUT2D eigenvalue weighted by molar-refractivity contribution is 5.21. The van der Waals surface area contributed by atoms with Gasteiger partial charge in [0.2, 0.25) is 0 Å². The van der Waals surface area contributed by atoms with Crippen molar-refractivity contribution >= 4 is 0 Å². The first-order valence-electron chi connectivity index (χ1n) is 5.52. The molecular weight excluding hydrogens is 218 g/mol. The first-order chi connectivity index (χ1) is 8.03. The van der Waals surface area contributed by atoms with Crippen molar-refractivity contribution in [1.29, 1.82) is 5.26 Å². The van der Waals surface area contributed by atoms with Crippen LogP contribution in [0.1, 0.15) is 25.5 Å². The summed E-state index contributed by atoms with van der Waals surface area (Å²) in [7, 11) is 0. The lowest BCUT2D eigenvalue weighted by molar-refractivity contribution is -0.152. The molecule has 4 heteroatoms. The fraction of sp³-hybridized carbons (Fsp3) is 0.462. The van der Waals surface area contributed by atoms with Crippen molar-refractivity contribution in [3.05, 3.63) is 35.9 Å². The first-order valence-corrected chi connectivity index (χ1v) is 5.52. The zero-order chi connectivity index (χ0) is 12.5. The molecule has 2 rings (SSSR count). The minimum atomic E-state index is -1.19. The summed E-state index contributed by atoms with van der Waals surface area (Å²) in [6, 6.07) is 11.3. The van der Waals surface area contributed by atoms with Gasteiger partial charge in [-0.05, 0) is 19.4 Å². The van der Waals surface area contributed by atoms with Gasteiger partial charge in [-0.3, -0.25) is 0 Å². The van der Waals surface area contributed by atoms with E-state index in [1.54, 1.807) is 19.9 Å². The Balaban J connectivity index is 2.29. The third-order valence-corrected chi connectivity index (χ3v) is 2.70. The predicted octanol–water partition coefficient (Wildman–Crippen LogP) is 1.76. The van der Waals surface area contributed by atoms with Crippen LogP contribution in [0.2, 0.25) is 0 Å². The molecule has 0 spiro atoms. The topological polar surface area (TPSA) is 62.5 Å². The van der Waals surface area contributed by atoms with Gasteiger partial charge in [-0.25, -0.2) is 0 Å². The standard InChI is InChI=1S/C13H15NO3/c1-13(2)16-11(9-6-4-3-5-7-9)12(17-13)10(15)8-14/h3-7,10-12,15H,1-2H3/t10-,11+,12-/m0/s1. The molecule has 90 valence electrons. The van der Waals surface area contributed by atoms with Crippen molar-refractivity contribution in [2.24, 2.45) is 0 Å². The van der Waals surface area contributed by atoms with Crippen molar-refractivity contribution in [3.8, 4) is 6.07 Å². The fourth-order valence-electron chi connectivity index (χ4n) is 1.99. The molecule has 1 aromatic rings. The number of nitrogens with zero attached hydrogens (tertiary/aromatic N) is 1. The van der Waals surface area contributed by atoms with Gasteiger partial charge in [0.05, 0.1) is 6.07 Å². The van der Waals surface area contributed by atoms with Crippen molar-refractivity contribution in [2.75, 3.05) is 0 Å². The third kappa shape index (κ3) is 2.47. The van der Waals surface area contributed by atoms with Crippen LogP contribution in [0, 0.1) is 11.3 Å². The average Bonchev–Trinajstić information content (AvgIpc) is 2.65. The molecule has 0 radical (unpaired) electrons. The second-order valence-corrected chi connectivity index (χ2v) is 4.51. The Morgan fingerprint density at radius 1 is 1.29 bits per heavy atom. The van der Waals surface area contributed by atoms with Crippen LogP contribution in [0.25, 0.3) is 0 Å². The fourth-order valence-corrected chi connectivity index (χ4v) is 1.99. The van der Waals surface area contributed by atoms with Gasteiger partial charge in [0.25, 0.3) is 0 Å². The van der Waals surface area contributed by atoms with Crippen LogP contribution in [0.5, 0.6) is 0 Å². The van der Waals surface area contributed by atoms with E-state index in [1.165, 1.54) is 0 Å². The van der Waals surface area contributed by atoms with Gasteiger partial charge in [0, 0.05) is 0 Å². The van der Waals surface area contributed by atoms with Gasteiger partial charge in [-0.15, -0.1) is 0 Å². The van der Waals surface area contributed by atoms with E-state index in [2.05, 4.69) is 0 Å². The molecule has 0 aromatic heterocycles. The van der Waals surface area contributed by atoms with E-state index in [9.17, 15) is 5.11 Å². The SMILES string of the molecule is CC1(C)O[C@@H]([C@@H](O)C#N)[C@@H](c2ccccc2)O1. The number of hydrogen-bond acceptors (Lipinski definition) is 4. The average molecular weight is 233 g/mol. The summed E-state index contributed by atoms with van der Waals surface area (Å²) >= 11 is 0. The Bertz CT molecular complexity index is 424. The number of benzene rings is 1. The van der Waals surface area contributed by atoms with Gasteiger partial charge in [-0.1, -0.05) is 30.3 Å². The van der Waals surface area contributed by atoms with Crippen molar-refractivity contribution < 1.29 is 14.6 Å². The molecule has 1 aromatic carbocycles. The Kier molecular flexibility index (Phi) is 3.16. The van der Waals surface area contributed by atoms with Crippen LogP contribution in [-0.4, -0.2) is 23.1 Å². The number of nitriles is 1. The van der Waals surface area contributed by atoms with E-state index in [1.807, 2.05) is 30.3 Å². The highest BCUT2D eigenvalue weighted by atomic mass is 16.8. The van der Waals surface area contributed by atoms with Crippen molar-refractivity contribution in [3.63, 3.8) is 0 Å². The van der Waals surface area contributed by atoms with E-state index >= 15 is 0 Å².